The van der Waals surface area contributed by atoms with Crippen molar-refractivity contribution in [2.24, 2.45) is 0 Å². The Morgan fingerprint density at radius 2 is 0.714 bits per heavy atom. The molecule has 0 aliphatic carbocycles. The van der Waals surface area contributed by atoms with Crippen LogP contribution in [0.15, 0.2) is 121 Å². The number of hydrogen-bond acceptors (Lipinski definition) is 1. The predicted molar refractivity (Wildman–Crippen MR) is 158 cm³/mol. The van der Waals surface area contributed by atoms with E-state index in [9.17, 15) is 0 Å². The van der Waals surface area contributed by atoms with E-state index in [1.54, 1.807) is 0 Å². The third-order valence-electron chi connectivity index (χ3n) is 5.84. The van der Waals surface area contributed by atoms with Crippen LogP contribution < -0.4 is 4.90 Å². The fourth-order valence-electron chi connectivity index (χ4n) is 4.40. The molecule has 0 saturated carbocycles. The van der Waals surface area contributed by atoms with Crippen molar-refractivity contribution in [3.8, 4) is 0 Å². The lowest BCUT2D eigenvalue weighted by Crippen LogP contribution is -2.15. The SMILES string of the molecule is CC.CC.CCN(c1ccccc1)c1ccccc1.c1cc2ccc3cccc4ccc(c1)c2c34. The van der Waals surface area contributed by atoms with Crippen molar-refractivity contribution in [2.45, 2.75) is 34.6 Å². The van der Waals surface area contributed by atoms with Crippen molar-refractivity contribution in [3.05, 3.63) is 121 Å². The van der Waals surface area contributed by atoms with E-state index in [4.69, 9.17) is 0 Å². The van der Waals surface area contributed by atoms with Gasteiger partial charge in [0.2, 0.25) is 0 Å². The van der Waals surface area contributed by atoms with Gasteiger partial charge in [0.25, 0.3) is 0 Å². The first kappa shape index (κ1) is 25.8. The van der Waals surface area contributed by atoms with Crippen LogP contribution in [0.3, 0.4) is 0 Å². The van der Waals surface area contributed by atoms with Crippen molar-refractivity contribution in [2.75, 3.05) is 11.4 Å². The van der Waals surface area contributed by atoms with Crippen molar-refractivity contribution in [3.63, 3.8) is 0 Å². The lowest BCUT2D eigenvalue weighted by atomic mass is 9.95. The van der Waals surface area contributed by atoms with Gasteiger partial charge < -0.3 is 4.90 Å². The quantitative estimate of drug-likeness (QED) is 0.238. The molecule has 0 heterocycles. The van der Waals surface area contributed by atoms with Crippen molar-refractivity contribution in [1.29, 1.82) is 0 Å². The summed E-state index contributed by atoms with van der Waals surface area (Å²) in [4.78, 5) is 2.29. The summed E-state index contributed by atoms with van der Waals surface area (Å²) in [7, 11) is 0. The molecule has 6 aromatic rings. The molecule has 0 bridgehead atoms. The molecule has 0 unspecified atom stereocenters. The fraction of sp³-hybridized carbons (Fsp3) is 0.176. The van der Waals surface area contributed by atoms with Gasteiger partial charge in [0.15, 0.2) is 0 Å². The second-order valence-electron chi connectivity index (χ2n) is 7.70. The zero-order valence-electron chi connectivity index (χ0n) is 21.7. The molecule has 6 aromatic carbocycles. The van der Waals surface area contributed by atoms with Gasteiger partial charge in [-0.05, 0) is 63.5 Å². The van der Waals surface area contributed by atoms with E-state index >= 15 is 0 Å². The molecule has 0 aromatic heterocycles. The Labute approximate surface area is 211 Å². The molecule has 0 aliphatic rings. The van der Waals surface area contributed by atoms with Crippen molar-refractivity contribution < 1.29 is 0 Å². The Kier molecular flexibility index (Phi) is 9.69. The maximum atomic E-state index is 2.29. The molecule has 0 saturated heterocycles. The molecule has 6 rings (SSSR count). The van der Waals surface area contributed by atoms with Crippen LogP contribution in [-0.4, -0.2) is 6.54 Å². The second-order valence-corrected chi connectivity index (χ2v) is 7.70. The van der Waals surface area contributed by atoms with Gasteiger partial charge in [0.05, 0.1) is 0 Å². The molecule has 0 N–H and O–H groups in total. The average Bonchev–Trinajstić information content (AvgIpc) is 2.96. The Bertz CT molecular complexity index is 1240. The molecular formula is C34H37N. The van der Waals surface area contributed by atoms with Gasteiger partial charge in [-0.2, -0.15) is 0 Å². The minimum absolute atomic E-state index is 0.980. The Morgan fingerprint density at radius 3 is 1.00 bits per heavy atom. The summed E-state index contributed by atoms with van der Waals surface area (Å²) in [5.41, 5.74) is 2.48. The van der Waals surface area contributed by atoms with Crippen LogP contribution in [0, 0.1) is 0 Å². The number of benzene rings is 6. The highest BCUT2D eigenvalue weighted by atomic mass is 15.1. The van der Waals surface area contributed by atoms with Gasteiger partial charge in [-0.3, -0.25) is 0 Å². The van der Waals surface area contributed by atoms with Gasteiger partial charge in [-0.1, -0.05) is 125 Å². The lowest BCUT2D eigenvalue weighted by molar-refractivity contribution is 1.02. The number of anilines is 2. The van der Waals surface area contributed by atoms with Gasteiger partial charge in [-0.15, -0.1) is 0 Å². The maximum Gasteiger partial charge on any atom is 0.0410 e. The molecule has 178 valence electrons. The van der Waals surface area contributed by atoms with E-state index in [0.717, 1.165) is 6.54 Å². The van der Waals surface area contributed by atoms with E-state index in [2.05, 4.69) is 121 Å². The van der Waals surface area contributed by atoms with E-state index < -0.39 is 0 Å². The first-order chi connectivity index (χ1) is 17.3. The zero-order valence-corrected chi connectivity index (χ0v) is 21.7. The van der Waals surface area contributed by atoms with Crippen LogP contribution in [0.1, 0.15) is 34.6 Å². The third kappa shape index (κ3) is 5.81. The van der Waals surface area contributed by atoms with Gasteiger partial charge in [0.1, 0.15) is 0 Å². The summed E-state index contributed by atoms with van der Waals surface area (Å²) >= 11 is 0. The highest BCUT2D eigenvalue weighted by Gasteiger charge is 2.06. The fourth-order valence-corrected chi connectivity index (χ4v) is 4.40. The lowest BCUT2D eigenvalue weighted by Gasteiger charge is -2.23. The summed E-state index contributed by atoms with van der Waals surface area (Å²) in [6.07, 6.45) is 0. The molecule has 0 atom stereocenters. The highest BCUT2D eigenvalue weighted by Crippen LogP contribution is 2.33. The monoisotopic (exact) mass is 459 g/mol. The Hall–Kier alpha value is -3.84. The van der Waals surface area contributed by atoms with Crippen molar-refractivity contribution in [1.82, 2.24) is 0 Å². The van der Waals surface area contributed by atoms with Crippen molar-refractivity contribution >= 4 is 43.7 Å². The molecule has 1 heteroatoms. The van der Waals surface area contributed by atoms with E-state index in [1.807, 2.05) is 39.8 Å². The summed E-state index contributed by atoms with van der Waals surface area (Å²) in [5.74, 6) is 0. The minimum atomic E-state index is 0.980. The Morgan fingerprint density at radius 1 is 0.400 bits per heavy atom. The minimum Gasteiger partial charge on any atom is -0.342 e. The number of rotatable bonds is 3. The largest absolute Gasteiger partial charge is 0.342 e. The van der Waals surface area contributed by atoms with Crippen LogP contribution in [0.4, 0.5) is 11.4 Å². The molecule has 0 amide bonds. The van der Waals surface area contributed by atoms with E-state index in [0.29, 0.717) is 0 Å². The Balaban J connectivity index is 0.000000172. The van der Waals surface area contributed by atoms with Crippen LogP contribution in [0.5, 0.6) is 0 Å². The summed E-state index contributed by atoms with van der Waals surface area (Å²) in [5, 5.41) is 8.14. The molecule has 0 radical (unpaired) electrons. The van der Waals surface area contributed by atoms with E-state index in [1.165, 1.54) is 43.7 Å². The second kappa shape index (κ2) is 13.2. The first-order valence-electron chi connectivity index (χ1n) is 12.9. The topological polar surface area (TPSA) is 3.24 Å². The highest BCUT2D eigenvalue weighted by molar-refractivity contribution is 6.22. The third-order valence-corrected chi connectivity index (χ3v) is 5.84. The number of nitrogens with zero attached hydrogens (tertiary/aromatic N) is 1. The first-order valence-corrected chi connectivity index (χ1v) is 12.9. The predicted octanol–water partition coefficient (Wildman–Crippen LogP) is 10.5. The molecule has 0 fully saturated rings. The smallest absolute Gasteiger partial charge is 0.0410 e. The summed E-state index contributed by atoms with van der Waals surface area (Å²) in [6, 6.07) is 42.8. The number of para-hydroxylation sites is 2. The van der Waals surface area contributed by atoms with Crippen LogP contribution in [0.2, 0.25) is 0 Å². The molecule has 1 nitrogen and oxygen atoms in total. The van der Waals surface area contributed by atoms with Crippen LogP contribution in [0.25, 0.3) is 32.3 Å². The standard InChI is InChI=1S/C16H10.C14H15N.2C2H6/c1-3-11-7-9-13-5-2-6-14-10-8-12(4-1)15(11)16(13)14;1-2-15(13-9-5-3-6-10-13)14-11-7-4-8-12-14;2*1-2/h1-10H;3-12H,2H2,1H3;2*1-2H3. The number of hydrogen-bond donors (Lipinski definition) is 0. The molecular weight excluding hydrogens is 422 g/mol. The summed E-state index contributed by atoms with van der Waals surface area (Å²) in [6.45, 7) is 11.1. The van der Waals surface area contributed by atoms with Gasteiger partial charge in [0, 0.05) is 17.9 Å². The normalized spacial score (nSPS) is 9.97. The van der Waals surface area contributed by atoms with Crippen LogP contribution in [-0.2, 0) is 0 Å². The molecule has 0 spiro atoms. The van der Waals surface area contributed by atoms with Gasteiger partial charge >= 0.3 is 0 Å². The maximum absolute atomic E-state index is 2.29. The zero-order chi connectivity index (χ0) is 25.0. The average molecular weight is 460 g/mol. The van der Waals surface area contributed by atoms with Crippen LogP contribution >= 0.6 is 0 Å². The summed E-state index contributed by atoms with van der Waals surface area (Å²) < 4.78 is 0. The molecule has 35 heavy (non-hydrogen) atoms. The molecule has 0 aliphatic heterocycles. The van der Waals surface area contributed by atoms with E-state index in [-0.39, 0.29) is 0 Å². The van der Waals surface area contributed by atoms with Gasteiger partial charge in [-0.25, -0.2) is 0 Å².